The van der Waals surface area contributed by atoms with Crippen molar-refractivity contribution in [1.29, 1.82) is 0 Å². The third-order valence-corrected chi connectivity index (χ3v) is 6.18. The molecule has 1 unspecified atom stereocenters. The molecule has 4 rings (SSSR count). The monoisotopic (exact) mass is 384 g/mol. The molecule has 0 fully saturated rings. The number of aromatic hydroxyl groups is 1. The second kappa shape index (κ2) is 7.11. The maximum Gasteiger partial charge on any atom is 0.127 e. The quantitative estimate of drug-likeness (QED) is 0.501. The summed E-state index contributed by atoms with van der Waals surface area (Å²) in [6.07, 6.45) is 2.75. The Morgan fingerprint density at radius 3 is 2.45 bits per heavy atom. The van der Waals surface area contributed by atoms with Gasteiger partial charge in [-0.2, -0.15) is 0 Å². The molecule has 0 aliphatic heterocycles. The van der Waals surface area contributed by atoms with Crippen LogP contribution in [0.1, 0.15) is 43.9 Å². The van der Waals surface area contributed by atoms with Gasteiger partial charge < -0.3 is 9.84 Å². The molecule has 0 spiro atoms. The average Bonchev–Trinajstić information content (AvgIpc) is 2.92. The predicted octanol–water partition coefficient (Wildman–Crippen LogP) is 6.61. The fourth-order valence-corrected chi connectivity index (χ4v) is 4.90. The summed E-state index contributed by atoms with van der Waals surface area (Å²) in [5.41, 5.74) is 5.83. The van der Waals surface area contributed by atoms with E-state index in [1.54, 1.807) is 12.1 Å². The first-order valence-electron chi connectivity index (χ1n) is 10.1. The molecule has 29 heavy (non-hydrogen) atoms. The lowest BCUT2D eigenvalue weighted by Crippen LogP contribution is -2.23. The van der Waals surface area contributed by atoms with E-state index in [-0.39, 0.29) is 10.8 Å². The fraction of sp³-hybridized carbons (Fsp3) is 0.259. The van der Waals surface area contributed by atoms with Crippen LogP contribution in [0.3, 0.4) is 0 Å². The molecule has 2 heteroatoms. The van der Waals surface area contributed by atoms with Gasteiger partial charge in [-0.15, -0.1) is 0 Å². The molecule has 0 bridgehead atoms. The minimum absolute atomic E-state index is 0.0444. The number of rotatable bonds is 5. The van der Waals surface area contributed by atoms with Crippen molar-refractivity contribution >= 4 is 0 Å². The molecule has 0 saturated heterocycles. The average molecular weight is 385 g/mol. The lowest BCUT2D eigenvalue weighted by Gasteiger charge is -2.29. The van der Waals surface area contributed by atoms with Crippen molar-refractivity contribution in [3.63, 3.8) is 0 Å². The van der Waals surface area contributed by atoms with Crippen molar-refractivity contribution in [3.8, 4) is 22.6 Å². The Morgan fingerprint density at radius 2 is 1.72 bits per heavy atom. The highest BCUT2D eigenvalue weighted by Gasteiger charge is 2.46. The van der Waals surface area contributed by atoms with Crippen molar-refractivity contribution in [2.75, 3.05) is 6.61 Å². The Labute approximate surface area is 173 Å². The summed E-state index contributed by atoms with van der Waals surface area (Å²) in [5.74, 6) is 1.18. The minimum Gasteiger partial charge on any atom is -0.508 e. The van der Waals surface area contributed by atoms with E-state index in [1.165, 1.54) is 16.7 Å². The molecule has 0 aromatic heterocycles. The van der Waals surface area contributed by atoms with Gasteiger partial charge in [-0.25, -0.2) is 0 Å². The van der Waals surface area contributed by atoms with Crippen LogP contribution < -0.4 is 4.74 Å². The molecular weight excluding hydrogens is 356 g/mol. The zero-order valence-corrected chi connectivity index (χ0v) is 17.4. The van der Waals surface area contributed by atoms with Gasteiger partial charge in [0.05, 0.1) is 0 Å². The van der Waals surface area contributed by atoms with Crippen molar-refractivity contribution in [3.05, 3.63) is 96.1 Å². The number of phenols is 1. The van der Waals surface area contributed by atoms with Crippen LogP contribution in [0.5, 0.6) is 11.5 Å². The molecule has 2 nitrogen and oxygen atoms in total. The number of hydrogen-bond acceptors (Lipinski definition) is 2. The predicted molar refractivity (Wildman–Crippen MR) is 120 cm³/mol. The standard InChI is InChI=1S/C27H28O2/c1-5-15-29-25-14-11-20(16-22(25)19-9-7-6-8-10-19)27(4)18-26(2,3)23-13-12-21(28)17-24(23)27/h5-14,16-17,28H,1,15,18H2,2-4H3. The number of hydrogen-bond donors (Lipinski definition) is 1. The number of benzene rings is 3. The molecule has 0 saturated carbocycles. The molecule has 148 valence electrons. The zero-order valence-electron chi connectivity index (χ0n) is 17.4. The Bertz CT molecular complexity index is 1050. The van der Waals surface area contributed by atoms with Crippen molar-refractivity contribution in [1.82, 2.24) is 0 Å². The number of ether oxygens (including phenoxy) is 1. The van der Waals surface area contributed by atoms with E-state index < -0.39 is 0 Å². The van der Waals surface area contributed by atoms with Gasteiger partial charge in [0, 0.05) is 11.0 Å². The molecule has 1 aliphatic rings. The SMILES string of the molecule is C=CCOc1ccc(C2(C)CC(C)(C)c3ccc(O)cc32)cc1-c1ccccc1. The molecule has 1 aliphatic carbocycles. The third kappa shape index (κ3) is 3.33. The van der Waals surface area contributed by atoms with E-state index in [0.717, 1.165) is 23.3 Å². The summed E-state index contributed by atoms with van der Waals surface area (Å²) in [7, 11) is 0. The van der Waals surface area contributed by atoms with Crippen molar-refractivity contribution in [2.24, 2.45) is 0 Å². The van der Waals surface area contributed by atoms with Crippen LogP contribution in [-0.4, -0.2) is 11.7 Å². The summed E-state index contributed by atoms with van der Waals surface area (Å²) in [5, 5.41) is 10.2. The smallest absolute Gasteiger partial charge is 0.127 e. The zero-order chi connectivity index (χ0) is 20.6. The van der Waals surface area contributed by atoms with Crippen molar-refractivity contribution < 1.29 is 9.84 Å². The first kappa shape index (κ1) is 19.3. The lowest BCUT2D eigenvalue weighted by atomic mass is 9.74. The Hall–Kier alpha value is -3.00. The summed E-state index contributed by atoms with van der Waals surface area (Å²) >= 11 is 0. The lowest BCUT2D eigenvalue weighted by molar-refractivity contribution is 0.364. The van der Waals surface area contributed by atoms with Crippen LogP contribution in [0.25, 0.3) is 11.1 Å². The summed E-state index contributed by atoms with van der Waals surface area (Å²) in [6.45, 7) is 11.1. The highest BCUT2D eigenvalue weighted by Crippen LogP contribution is 2.54. The third-order valence-electron chi connectivity index (χ3n) is 6.18. The highest BCUT2D eigenvalue weighted by atomic mass is 16.5. The number of phenolic OH excluding ortho intramolecular Hbond substituents is 1. The second-order valence-electron chi connectivity index (χ2n) is 8.80. The minimum atomic E-state index is -0.182. The van der Waals surface area contributed by atoms with Crippen LogP contribution >= 0.6 is 0 Å². The van der Waals surface area contributed by atoms with Crippen molar-refractivity contribution in [2.45, 2.75) is 38.0 Å². The second-order valence-corrected chi connectivity index (χ2v) is 8.80. The molecule has 3 aromatic carbocycles. The van der Waals surface area contributed by atoms with Gasteiger partial charge in [0.1, 0.15) is 18.1 Å². The normalized spacial score (nSPS) is 19.6. The Morgan fingerprint density at radius 1 is 0.966 bits per heavy atom. The molecule has 0 heterocycles. The van der Waals surface area contributed by atoms with E-state index in [2.05, 4.69) is 63.7 Å². The van der Waals surface area contributed by atoms with E-state index in [0.29, 0.717) is 12.4 Å². The van der Waals surface area contributed by atoms with Gasteiger partial charge in [-0.3, -0.25) is 0 Å². The summed E-state index contributed by atoms with van der Waals surface area (Å²) in [6, 6.07) is 22.7. The molecule has 1 atom stereocenters. The molecule has 0 amide bonds. The Balaban J connectivity index is 1.88. The fourth-order valence-electron chi connectivity index (χ4n) is 4.90. The van der Waals surface area contributed by atoms with Crippen LogP contribution in [0.15, 0.2) is 79.4 Å². The number of fused-ring (bicyclic) bond motifs is 1. The highest BCUT2D eigenvalue weighted by molar-refractivity contribution is 5.72. The largest absolute Gasteiger partial charge is 0.508 e. The van der Waals surface area contributed by atoms with Gasteiger partial charge in [-0.1, -0.05) is 75.9 Å². The van der Waals surface area contributed by atoms with Gasteiger partial charge in [0.2, 0.25) is 0 Å². The van der Waals surface area contributed by atoms with E-state index in [1.807, 2.05) is 24.3 Å². The van der Waals surface area contributed by atoms with Crippen LogP contribution in [-0.2, 0) is 10.8 Å². The summed E-state index contributed by atoms with van der Waals surface area (Å²) in [4.78, 5) is 0. The molecule has 1 N–H and O–H groups in total. The van der Waals surface area contributed by atoms with E-state index in [9.17, 15) is 5.11 Å². The molecule has 3 aromatic rings. The van der Waals surface area contributed by atoms with Crippen LogP contribution in [0, 0.1) is 0 Å². The Kier molecular flexibility index (Phi) is 4.74. The van der Waals surface area contributed by atoms with E-state index >= 15 is 0 Å². The van der Waals surface area contributed by atoms with Gasteiger partial charge in [-0.05, 0) is 58.4 Å². The maximum absolute atomic E-state index is 10.2. The van der Waals surface area contributed by atoms with E-state index in [4.69, 9.17) is 4.74 Å². The molecular formula is C27H28O2. The van der Waals surface area contributed by atoms with Crippen LogP contribution in [0.4, 0.5) is 0 Å². The first-order chi connectivity index (χ1) is 13.8. The maximum atomic E-state index is 10.2. The van der Waals surface area contributed by atoms with Crippen LogP contribution in [0.2, 0.25) is 0 Å². The summed E-state index contributed by atoms with van der Waals surface area (Å²) < 4.78 is 5.96. The first-order valence-corrected chi connectivity index (χ1v) is 10.1. The van der Waals surface area contributed by atoms with Gasteiger partial charge in [0.25, 0.3) is 0 Å². The van der Waals surface area contributed by atoms with Gasteiger partial charge >= 0.3 is 0 Å². The molecule has 0 radical (unpaired) electrons. The topological polar surface area (TPSA) is 29.5 Å². The van der Waals surface area contributed by atoms with Gasteiger partial charge in [0.15, 0.2) is 0 Å².